The predicted octanol–water partition coefficient (Wildman–Crippen LogP) is 4.95. The molecule has 0 saturated carbocycles. The van der Waals surface area contributed by atoms with Crippen molar-refractivity contribution in [3.8, 4) is 5.75 Å². The Hall–Kier alpha value is -1.82. The van der Waals surface area contributed by atoms with Crippen molar-refractivity contribution in [2.24, 2.45) is 5.10 Å². The van der Waals surface area contributed by atoms with Crippen molar-refractivity contribution in [2.45, 2.75) is 0 Å². The first-order valence-electron chi connectivity index (χ1n) is 6.95. The number of carbonyl (C=O) groups is 1. The standard InChI is InChI=1S/C17H11BrCl2N2O2/c18-14-4-2-1-3-13(14)17(23)22-21-8-10-5-11-6-12(19)7-15(20)16(11)24-9-10/h1-8H,9H2,(H,22,23)/b21-8+. The molecule has 1 aliphatic rings. The lowest BCUT2D eigenvalue weighted by Gasteiger charge is -2.17. The van der Waals surface area contributed by atoms with Gasteiger partial charge in [-0.2, -0.15) is 5.10 Å². The maximum absolute atomic E-state index is 12.1. The van der Waals surface area contributed by atoms with Gasteiger partial charge < -0.3 is 4.74 Å². The predicted molar refractivity (Wildman–Crippen MR) is 100 cm³/mol. The minimum Gasteiger partial charge on any atom is -0.487 e. The third-order valence-corrected chi connectivity index (χ3v) is 4.47. The minimum atomic E-state index is -0.303. The third kappa shape index (κ3) is 3.80. The van der Waals surface area contributed by atoms with Crippen molar-refractivity contribution < 1.29 is 9.53 Å². The zero-order chi connectivity index (χ0) is 17.1. The van der Waals surface area contributed by atoms with E-state index in [4.69, 9.17) is 27.9 Å². The summed E-state index contributed by atoms with van der Waals surface area (Å²) in [5.41, 5.74) is 4.55. The van der Waals surface area contributed by atoms with Gasteiger partial charge in [0.1, 0.15) is 12.4 Å². The van der Waals surface area contributed by atoms with Gasteiger partial charge in [-0.3, -0.25) is 4.79 Å². The number of nitrogens with zero attached hydrogens (tertiary/aromatic N) is 1. The lowest BCUT2D eigenvalue weighted by Crippen LogP contribution is -2.19. The van der Waals surface area contributed by atoms with Crippen molar-refractivity contribution in [3.63, 3.8) is 0 Å². The number of hydrazone groups is 1. The van der Waals surface area contributed by atoms with Crippen molar-refractivity contribution >= 4 is 57.3 Å². The number of rotatable bonds is 3. The van der Waals surface area contributed by atoms with Crippen LogP contribution in [0.25, 0.3) is 6.08 Å². The molecule has 3 rings (SSSR count). The van der Waals surface area contributed by atoms with Gasteiger partial charge in [0.15, 0.2) is 0 Å². The van der Waals surface area contributed by atoms with Crippen LogP contribution in [0.1, 0.15) is 15.9 Å². The van der Waals surface area contributed by atoms with E-state index in [9.17, 15) is 4.79 Å². The molecule has 4 nitrogen and oxygen atoms in total. The molecule has 0 unspecified atom stereocenters. The largest absolute Gasteiger partial charge is 0.487 e. The molecule has 0 bridgehead atoms. The Morgan fingerprint density at radius 3 is 2.88 bits per heavy atom. The number of halogens is 3. The minimum absolute atomic E-state index is 0.303. The Balaban J connectivity index is 1.72. The first-order valence-corrected chi connectivity index (χ1v) is 8.50. The molecule has 0 spiro atoms. The summed E-state index contributed by atoms with van der Waals surface area (Å²) in [7, 11) is 0. The lowest BCUT2D eigenvalue weighted by molar-refractivity contribution is 0.0954. The molecule has 0 aliphatic carbocycles. The van der Waals surface area contributed by atoms with Crippen LogP contribution in [-0.2, 0) is 0 Å². The molecule has 0 aromatic heterocycles. The summed E-state index contributed by atoms with van der Waals surface area (Å²) in [6.07, 6.45) is 3.40. The van der Waals surface area contributed by atoms with Crippen LogP contribution < -0.4 is 10.2 Å². The van der Waals surface area contributed by atoms with Crippen LogP contribution in [-0.4, -0.2) is 18.7 Å². The first-order chi connectivity index (χ1) is 11.5. The molecule has 0 saturated heterocycles. The zero-order valence-electron chi connectivity index (χ0n) is 12.2. The van der Waals surface area contributed by atoms with Crippen LogP contribution in [0.15, 0.2) is 51.5 Å². The number of nitrogens with one attached hydrogen (secondary N) is 1. The summed E-state index contributed by atoms with van der Waals surface area (Å²) in [5, 5.41) is 4.96. The Morgan fingerprint density at radius 1 is 1.29 bits per heavy atom. The first kappa shape index (κ1) is 17.0. The molecule has 7 heteroatoms. The maximum atomic E-state index is 12.1. The number of amides is 1. The molecule has 122 valence electrons. The lowest BCUT2D eigenvalue weighted by atomic mass is 10.1. The van der Waals surface area contributed by atoms with Gasteiger partial charge in [-0.1, -0.05) is 35.3 Å². The van der Waals surface area contributed by atoms with Gasteiger partial charge in [0.05, 0.1) is 16.8 Å². The molecule has 0 atom stereocenters. The fraction of sp³-hybridized carbons (Fsp3) is 0.0588. The molecule has 1 amide bonds. The molecule has 2 aromatic rings. The Morgan fingerprint density at radius 2 is 2.08 bits per heavy atom. The number of benzene rings is 2. The highest BCUT2D eigenvalue weighted by Crippen LogP contribution is 2.36. The van der Waals surface area contributed by atoms with E-state index in [2.05, 4.69) is 26.5 Å². The number of ether oxygens (including phenoxy) is 1. The van der Waals surface area contributed by atoms with Gasteiger partial charge in [0.25, 0.3) is 5.91 Å². The topological polar surface area (TPSA) is 50.7 Å². The number of hydrogen-bond donors (Lipinski definition) is 1. The SMILES string of the molecule is O=C(N/N=C/C1=Cc2cc(Cl)cc(Cl)c2OC1)c1ccccc1Br. The van der Waals surface area contributed by atoms with Crippen LogP contribution in [0.2, 0.25) is 10.0 Å². The van der Waals surface area contributed by atoms with Crippen LogP contribution >= 0.6 is 39.1 Å². The van der Waals surface area contributed by atoms with Gasteiger partial charge in [0.2, 0.25) is 0 Å². The van der Waals surface area contributed by atoms with E-state index in [1.54, 1.807) is 30.3 Å². The van der Waals surface area contributed by atoms with E-state index in [0.29, 0.717) is 32.4 Å². The summed E-state index contributed by atoms with van der Waals surface area (Å²) >= 11 is 15.4. The van der Waals surface area contributed by atoms with Gasteiger partial charge in [0, 0.05) is 20.6 Å². The highest BCUT2D eigenvalue weighted by Gasteiger charge is 2.15. The second-order valence-electron chi connectivity index (χ2n) is 4.99. The second kappa shape index (κ2) is 7.38. The molecule has 1 heterocycles. The molecule has 2 aromatic carbocycles. The zero-order valence-corrected chi connectivity index (χ0v) is 15.3. The Bertz CT molecular complexity index is 866. The van der Waals surface area contributed by atoms with Crippen LogP contribution in [0.4, 0.5) is 0 Å². The van der Waals surface area contributed by atoms with E-state index >= 15 is 0 Å². The van der Waals surface area contributed by atoms with E-state index < -0.39 is 0 Å². The second-order valence-corrected chi connectivity index (χ2v) is 6.69. The summed E-state index contributed by atoms with van der Waals surface area (Å²) in [6, 6.07) is 10.5. The maximum Gasteiger partial charge on any atom is 0.272 e. The molecule has 1 N–H and O–H groups in total. The summed E-state index contributed by atoms with van der Waals surface area (Å²) in [6.45, 7) is 0.308. The van der Waals surface area contributed by atoms with Crippen molar-refractivity contribution in [3.05, 3.63) is 67.6 Å². The number of hydrogen-bond acceptors (Lipinski definition) is 3. The Labute approximate surface area is 157 Å². The Kier molecular flexibility index (Phi) is 5.23. The molecule has 0 radical (unpaired) electrons. The van der Waals surface area contributed by atoms with Crippen LogP contribution in [0, 0.1) is 0 Å². The van der Waals surface area contributed by atoms with Crippen molar-refractivity contribution in [1.82, 2.24) is 5.43 Å². The van der Waals surface area contributed by atoms with E-state index in [-0.39, 0.29) is 5.91 Å². The van der Waals surface area contributed by atoms with E-state index in [0.717, 1.165) is 11.1 Å². The van der Waals surface area contributed by atoms with Gasteiger partial charge in [-0.25, -0.2) is 5.43 Å². The third-order valence-electron chi connectivity index (χ3n) is 3.28. The van der Waals surface area contributed by atoms with Gasteiger partial charge in [-0.15, -0.1) is 0 Å². The quantitative estimate of drug-likeness (QED) is 0.558. The fourth-order valence-electron chi connectivity index (χ4n) is 2.19. The average Bonchev–Trinajstić information content (AvgIpc) is 2.54. The smallest absolute Gasteiger partial charge is 0.272 e. The average molecular weight is 426 g/mol. The van der Waals surface area contributed by atoms with Crippen LogP contribution in [0.3, 0.4) is 0 Å². The number of fused-ring (bicyclic) bond motifs is 1. The number of carbonyl (C=O) groups excluding carboxylic acids is 1. The van der Waals surface area contributed by atoms with Crippen LogP contribution in [0.5, 0.6) is 5.75 Å². The molecule has 24 heavy (non-hydrogen) atoms. The highest BCUT2D eigenvalue weighted by molar-refractivity contribution is 9.10. The molecular formula is C17H11BrCl2N2O2. The van der Waals surface area contributed by atoms with Gasteiger partial charge >= 0.3 is 0 Å². The van der Waals surface area contributed by atoms with E-state index in [1.165, 1.54) is 6.21 Å². The highest BCUT2D eigenvalue weighted by atomic mass is 79.9. The van der Waals surface area contributed by atoms with Crippen molar-refractivity contribution in [1.29, 1.82) is 0 Å². The molecule has 0 fully saturated rings. The summed E-state index contributed by atoms with van der Waals surface area (Å²) in [5.74, 6) is 0.290. The monoisotopic (exact) mass is 424 g/mol. The van der Waals surface area contributed by atoms with Gasteiger partial charge in [-0.05, 0) is 46.3 Å². The summed E-state index contributed by atoms with van der Waals surface area (Å²) < 4.78 is 6.32. The molecule has 1 aliphatic heterocycles. The fourth-order valence-corrected chi connectivity index (χ4v) is 3.22. The van der Waals surface area contributed by atoms with E-state index in [1.807, 2.05) is 12.1 Å². The normalized spacial score (nSPS) is 13.2. The van der Waals surface area contributed by atoms with Crippen molar-refractivity contribution in [2.75, 3.05) is 6.61 Å². The molecular weight excluding hydrogens is 415 g/mol. The summed E-state index contributed by atoms with van der Waals surface area (Å²) in [4.78, 5) is 12.1.